The van der Waals surface area contributed by atoms with Gasteiger partial charge in [-0.3, -0.25) is 0 Å². The average Bonchev–Trinajstić information content (AvgIpc) is 3.55. The van der Waals surface area contributed by atoms with Crippen molar-refractivity contribution in [1.29, 1.82) is 0 Å². The van der Waals surface area contributed by atoms with Crippen LogP contribution in [0.2, 0.25) is 0 Å². The number of benzene rings is 1. The van der Waals surface area contributed by atoms with E-state index in [0.717, 1.165) is 56.8 Å². The minimum absolute atomic E-state index is 0.878. The molecule has 0 atom stereocenters. The number of allylic oxidation sites excluding steroid dienone is 12. The Bertz CT molecular complexity index is 1390. The Morgan fingerprint density at radius 2 is 1.06 bits per heavy atom. The Balaban J connectivity index is 1.56. The SMILES string of the molecule is Cc1ccc(C2=C3C=CC(=N3)C=C3C=CC(=N3)C=C3C=CC(=N3)C=C3C=CC2=N3)cc1. The van der Waals surface area contributed by atoms with E-state index in [1.54, 1.807) is 0 Å². The predicted octanol–water partition coefficient (Wildman–Crippen LogP) is 5.41. The van der Waals surface area contributed by atoms with Crippen molar-refractivity contribution in [2.75, 3.05) is 0 Å². The minimum atomic E-state index is 0.878. The molecule has 0 saturated heterocycles. The predicted molar refractivity (Wildman–Crippen MR) is 129 cm³/mol. The van der Waals surface area contributed by atoms with Gasteiger partial charge in [0.05, 0.1) is 45.6 Å². The maximum absolute atomic E-state index is 4.89. The van der Waals surface area contributed by atoms with Gasteiger partial charge >= 0.3 is 0 Å². The van der Waals surface area contributed by atoms with Crippen molar-refractivity contribution >= 4 is 28.4 Å². The van der Waals surface area contributed by atoms with E-state index < -0.39 is 0 Å². The molecule has 31 heavy (non-hydrogen) atoms. The zero-order chi connectivity index (χ0) is 20.8. The topological polar surface area (TPSA) is 49.4 Å². The number of aryl methyl sites for hydroxylation is 1. The molecule has 6 rings (SSSR count). The van der Waals surface area contributed by atoms with Crippen LogP contribution >= 0.6 is 0 Å². The molecule has 4 heteroatoms. The van der Waals surface area contributed by atoms with Crippen LogP contribution in [-0.4, -0.2) is 22.8 Å². The highest BCUT2D eigenvalue weighted by Gasteiger charge is 2.19. The van der Waals surface area contributed by atoms with E-state index in [0.29, 0.717) is 0 Å². The van der Waals surface area contributed by atoms with Gasteiger partial charge in [-0.1, -0.05) is 29.8 Å². The zero-order valence-corrected chi connectivity index (χ0v) is 16.9. The van der Waals surface area contributed by atoms with Gasteiger partial charge in [-0.15, -0.1) is 0 Å². The van der Waals surface area contributed by atoms with Crippen LogP contribution in [0, 0.1) is 6.92 Å². The van der Waals surface area contributed by atoms with Gasteiger partial charge in [-0.25, -0.2) is 20.0 Å². The van der Waals surface area contributed by atoms with Gasteiger partial charge in [-0.2, -0.15) is 0 Å². The van der Waals surface area contributed by atoms with E-state index in [1.165, 1.54) is 5.56 Å². The Kier molecular flexibility index (Phi) is 3.96. The second-order valence-electron chi connectivity index (χ2n) is 7.77. The fourth-order valence-electron chi connectivity index (χ4n) is 3.91. The van der Waals surface area contributed by atoms with Crippen LogP contribution < -0.4 is 0 Å². The lowest BCUT2D eigenvalue weighted by Gasteiger charge is -2.09. The maximum atomic E-state index is 4.89. The van der Waals surface area contributed by atoms with Crippen molar-refractivity contribution < 1.29 is 0 Å². The van der Waals surface area contributed by atoms with Crippen molar-refractivity contribution in [3.05, 3.63) is 125 Å². The highest BCUT2D eigenvalue weighted by molar-refractivity contribution is 6.32. The summed E-state index contributed by atoms with van der Waals surface area (Å²) in [6, 6.07) is 8.50. The van der Waals surface area contributed by atoms with E-state index >= 15 is 0 Å². The van der Waals surface area contributed by atoms with E-state index in [-0.39, 0.29) is 0 Å². The van der Waals surface area contributed by atoms with Gasteiger partial charge < -0.3 is 0 Å². The van der Waals surface area contributed by atoms with Crippen molar-refractivity contribution in [3.63, 3.8) is 0 Å². The van der Waals surface area contributed by atoms with Crippen LogP contribution in [0.4, 0.5) is 0 Å². The summed E-state index contributed by atoms with van der Waals surface area (Å²) in [5.74, 6) is 0. The largest absolute Gasteiger partial charge is 0.249 e. The number of rotatable bonds is 1. The Morgan fingerprint density at radius 3 is 1.74 bits per heavy atom. The highest BCUT2D eigenvalue weighted by atomic mass is 14.8. The first-order chi connectivity index (χ1) is 15.2. The first kappa shape index (κ1) is 17.7. The second-order valence-corrected chi connectivity index (χ2v) is 7.77. The normalized spacial score (nSPS) is 20.5. The van der Waals surface area contributed by atoms with Gasteiger partial charge in [0, 0.05) is 5.57 Å². The molecule has 0 amide bonds. The molecule has 0 aromatic heterocycles. The van der Waals surface area contributed by atoms with Crippen LogP contribution in [0.15, 0.2) is 134 Å². The fraction of sp³-hybridized carbons (Fsp3) is 0.0370. The molecule has 5 heterocycles. The zero-order valence-electron chi connectivity index (χ0n) is 16.9. The molecule has 0 N–H and O–H groups in total. The van der Waals surface area contributed by atoms with Gasteiger partial charge in [0.25, 0.3) is 0 Å². The minimum Gasteiger partial charge on any atom is -0.249 e. The van der Waals surface area contributed by atoms with Crippen molar-refractivity contribution in [2.45, 2.75) is 6.92 Å². The Labute approximate surface area is 180 Å². The first-order valence-corrected chi connectivity index (χ1v) is 10.2. The number of hydrogen-bond donors (Lipinski definition) is 0. The van der Waals surface area contributed by atoms with Crippen LogP contribution in [0.3, 0.4) is 0 Å². The molecule has 0 fully saturated rings. The van der Waals surface area contributed by atoms with E-state index in [9.17, 15) is 0 Å². The summed E-state index contributed by atoms with van der Waals surface area (Å²) in [4.78, 5) is 19.2. The molecule has 4 nitrogen and oxygen atoms in total. The Morgan fingerprint density at radius 1 is 0.516 bits per heavy atom. The Hall–Kier alpha value is -4.18. The molecule has 0 radical (unpaired) electrons. The first-order valence-electron chi connectivity index (χ1n) is 10.2. The van der Waals surface area contributed by atoms with Crippen molar-refractivity contribution in [2.24, 2.45) is 20.0 Å². The molecule has 1 aromatic carbocycles. The summed E-state index contributed by atoms with van der Waals surface area (Å²) in [5, 5.41) is 0. The summed E-state index contributed by atoms with van der Waals surface area (Å²) < 4.78 is 0. The molecule has 0 spiro atoms. The summed E-state index contributed by atoms with van der Waals surface area (Å²) in [6.07, 6.45) is 22.2. The second kappa shape index (κ2) is 6.96. The molecule has 8 bridgehead atoms. The van der Waals surface area contributed by atoms with Crippen LogP contribution in [0.1, 0.15) is 11.1 Å². The molecule has 0 aliphatic carbocycles. The maximum Gasteiger partial charge on any atom is 0.0737 e. The van der Waals surface area contributed by atoms with Gasteiger partial charge in [0.2, 0.25) is 0 Å². The summed E-state index contributed by atoms with van der Waals surface area (Å²) in [7, 11) is 0. The standard InChI is InChI=1S/C27H18N4/c1-17-2-4-18(5-3-17)27-25-12-10-23(30-25)15-21-8-6-19(28-21)14-20-7-9-22(29-20)16-24-11-13-26(27)31-24/h2-16H,1H3. The molecule has 0 unspecified atom stereocenters. The number of nitrogens with zero attached hydrogens (tertiary/aromatic N) is 4. The fourth-order valence-corrected chi connectivity index (χ4v) is 3.91. The lowest BCUT2D eigenvalue weighted by molar-refractivity contribution is 1.40. The van der Waals surface area contributed by atoms with Gasteiger partial charge in [-0.05, 0) is 79.3 Å². The molecular formula is C27H18N4. The van der Waals surface area contributed by atoms with Crippen LogP contribution in [0.25, 0.3) is 5.57 Å². The third-order valence-corrected chi connectivity index (χ3v) is 5.43. The summed E-state index contributed by atoms with van der Waals surface area (Å²) in [5.41, 5.74) is 10.4. The monoisotopic (exact) mass is 398 g/mol. The average molecular weight is 398 g/mol. The molecule has 5 aliphatic heterocycles. The van der Waals surface area contributed by atoms with Gasteiger partial charge in [0.1, 0.15) is 0 Å². The third-order valence-electron chi connectivity index (χ3n) is 5.43. The van der Waals surface area contributed by atoms with E-state index in [4.69, 9.17) is 9.98 Å². The van der Waals surface area contributed by atoms with Gasteiger partial charge in [0.15, 0.2) is 0 Å². The lowest BCUT2D eigenvalue weighted by Crippen LogP contribution is -2.00. The van der Waals surface area contributed by atoms with E-state index in [2.05, 4.69) is 53.3 Å². The number of hydrogen-bond acceptors (Lipinski definition) is 4. The molecular weight excluding hydrogens is 380 g/mol. The van der Waals surface area contributed by atoms with E-state index in [1.807, 2.05) is 54.7 Å². The molecule has 1 aromatic rings. The van der Waals surface area contributed by atoms with Crippen LogP contribution in [-0.2, 0) is 0 Å². The summed E-state index contributed by atoms with van der Waals surface area (Å²) >= 11 is 0. The molecule has 5 aliphatic rings. The smallest absolute Gasteiger partial charge is 0.0737 e. The highest BCUT2D eigenvalue weighted by Crippen LogP contribution is 2.30. The molecule has 146 valence electrons. The third kappa shape index (κ3) is 3.38. The lowest BCUT2D eigenvalue weighted by atomic mass is 9.98. The molecule has 0 saturated carbocycles. The van der Waals surface area contributed by atoms with Crippen molar-refractivity contribution in [3.8, 4) is 0 Å². The number of fused-ring (bicyclic) bond motifs is 4. The summed E-state index contributed by atoms with van der Waals surface area (Å²) in [6.45, 7) is 2.09. The quantitative estimate of drug-likeness (QED) is 0.607. The number of aliphatic imine (C=N–C) groups is 4. The van der Waals surface area contributed by atoms with Crippen molar-refractivity contribution in [1.82, 2.24) is 0 Å². The van der Waals surface area contributed by atoms with Crippen LogP contribution in [0.5, 0.6) is 0 Å².